The van der Waals surface area contributed by atoms with Gasteiger partial charge in [0.25, 0.3) is 0 Å². The van der Waals surface area contributed by atoms with Crippen LogP contribution in [0.15, 0.2) is 0 Å². The molecule has 0 rings (SSSR count). The summed E-state index contributed by atoms with van der Waals surface area (Å²) in [7, 11) is 0. The molecule has 0 aromatic heterocycles. The molecule has 1 heteroatoms. The Hall–Kier alpha value is 0.636. The summed E-state index contributed by atoms with van der Waals surface area (Å²) in [6, 6.07) is 0. The molecule has 0 aliphatic rings. The van der Waals surface area contributed by atoms with Crippen LogP contribution >= 0.6 is 0 Å². The Labute approximate surface area is 41.7 Å². The van der Waals surface area contributed by atoms with Crippen molar-refractivity contribution in [3.05, 3.63) is 0 Å². The summed E-state index contributed by atoms with van der Waals surface area (Å²) in [6.45, 7) is 4.56. The molecule has 0 bridgehead atoms. The summed E-state index contributed by atoms with van der Waals surface area (Å²) in [5, 5.41) is 0. The van der Waals surface area contributed by atoms with Crippen LogP contribution in [-0.4, -0.2) is 17.4 Å². The third kappa shape index (κ3) is 4.64. The van der Waals surface area contributed by atoms with Crippen molar-refractivity contribution < 1.29 is 0 Å². The fourth-order valence-electron chi connectivity index (χ4n) is 0.289. The molecule has 0 amide bonds. The average Bonchev–Trinajstić information content (AvgIpc) is 1.41. The molecule has 0 aromatic rings. The van der Waals surface area contributed by atoms with Crippen LogP contribution in [0, 0.1) is 0 Å². The van der Waals surface area contributed by atoms with Gasteiger partial charge in [-0.05, 0) is 0 Å². The van der Waals surface area contributed by atoms with E-state index in [0.717, 1.165) is 0 Å². The van der Waals surface area contributed by atoms with E-state index >= 15 is 0 Å². The predicted octanol–water partition coefficient (Wildman–Crippen LogP) is 1.57. The van der Waals surface area contributed by atoms with Crippen molar-refractivity contribution in [2.75, 3.05) is 0 Å². The molecular weight excluding hydrogens is 118 g/mol. The second kappa shape index (κ2) is 4.64. The van der Waals surface area contributed by atoms with Gasteiger partial charge < -0.3 is 0 Å². The molecule has 0 unspecified atom stereocenters. The van der Waals surface area contributed by atoms with Gasteiger partial charge in [0.2, 0.25) is 0 Å². The van der Waals surface area contributed by atoms with Crippen molar-refractivity contribution in [1.82, 2.24) is 0 Å². The average molecular weight is 128 g/mol. The van der Waals surface area contributed by atoms with Gasteiger partial charge in [-0.1, -0.05) is 0 Å². The third-order valence-corrected chi connectivity index (χ3v) is 3.00. The number of hydrogen-bond acceptors (Lipinski definition) is 0. The van der Waals surface area contributed by atoms with Crippen LogP contribution in [0.4, 0.5) is 0 Å². The van der Waals surface area contributed by atoms with Crippen LogP contribution in [-0.2, 0) is 0 Å². The molecule has 1 radical (unpaired) electrons. The minimum absolute atomic E-state index is 0.312. The van der Waals surface area contributed by atoms with Gasteiger partial charge in [0.15, 0.2) is 0 Å². The topological polar surface area (TPSA) is 0 Å². The van der Waals surface area contributed by atoms with Gasteiger partial charge in [-0.25, -0.2) is 0 Å². The minimum atomic E-state index is 0.312. The molecule has 29 valence electrons. The summed E-state index contributed by atoms with van der Waals surface area (Å²) < 4.78 is 0. The zero-order valence-electron chi connectivity index (χ0n) is 3.99. The van der Waals surface area contributed by atoms with Gasteiger partial charge >= 0.3 is 41.2 Å². The van der Waals surface area contributed by atoms with Crippen molar-refractivity contribution in [2.24, 2.45) is 0 Å². The van der Waals surface area contributed by atoms with Crippen LogP contribution in [0.2, 0.25) is 9.95 Å². The Bertz CT molecular complexity index is 11.1. The first-order valence-electron chi connectivity index (χ1n) is 2.23. The van der Waals surface area contributed by atoms with Crippen LogP contribution < -0.4 is 0 Å². The first-order chi connectivity index (χ1) is 2.41. The summed E-state index contributed by atoms with van der Waals surface area (Å²) >= 11 is 0.312. The van der Waals surface area contributed by atoms with E-state index < -0.39 is 0 Å². The maximum absolute atomic E-state index is 2.28. The SMILES string of the molecule is C[CH2][Ga][CH2]C. The fourth-order valence-corrected chi connectivity index (χ4v) is 1.50. The Kier molecular flexibility index (Phi) is 5.23. The molecule has 0 atom stereocenters. The Morgan fingerprint density at radius 1 is 1.20 bits per heavy atom. The quantitative estimate of drug-likeness (QED) is 0.495. The number of hydrogen-bond donors (Lipinski definition) is 0. The van der Waals surface area contributed by atoms with Crippen molar-refractivity contribution in [1.29, 1.82) is 0 Å². The Balaban J connectivity index is 2.19. The molecule has 0 fully saturated rings. The second-order valence-electron chi connectivity index (χ2n) is 1.11. The van der Waals surface area contributed by atoms with E-state index in [2.05, 4.69) is 13.8 Å². The van der Waals surface area contributed by atoms with Crippen LogP contribution in [0.3, 0.4) is 0 Å². The Morgan fingerprint density at radius 2 is 1.60 bits per heavy atom. The molecular formula is C4H10Ga. The summed E-state index contributed by atoms with van der Waals surface area (Å²) in [6.07, 6.45) is 0. The first kappa shape index (κ1) is 5.64. The Morgan fingerprint density at radius 3 is 1.60 bits per heavy atom. The molecule has 0 saturated heterocycles. The van der Waals surface area contributed by atoms with Crippen molar-refractivity contribution >= 4 is 17.4 Å². The fraction of sp³-hybridized carbons (Fsp3) is 1.00. The summed E-state index contributed by atoms with van der Waals surface area (Å²) in [4.78, 5) is 3.00. The maximum atomic E-state index is 2.28. The second-order valence-corrected chi connectivity index (χ2v) is 5.74. The molecule has 0 nitrogen and oxygen atoms in total. The van der Waals surface area contributed by atoms with Crippen molar-refractivity contribution in [2.45, 2.75) is 23.8 Å². The first-order valence-corrected chi connectivity index (χ1v) is 5.66. The van der Waals surface area contributed by atoms with Crippen LogP contribution in [0.1, 0.15) is 13.8 Å². The number of rotatable bonds is 2. The normalized spacial score (nSPS) is 7.60. The van der Waals surface area contributed by atoms with Gasteiger partial charge in [0, 0.05) is 0 Å². The van der Waals surface area contributed by atoms with Crippen molar-refractivity contribution in [3.63, 3.8) is 0 Å². The van der Waals surface area contributed by atoms with Gasteiger partial charge in [-0.2, -0.15) is 0 Å². The van der Waals surface area contributed by atoms with Gasteiger partial charge in [-0.15, -0.1) is 0 Å². The van der Waals surface area contributed by atoms with E-state index in [1.807, 2.05) is 0 Å². The molecule has 0 aliphatic carbocycles. The van der Waals surface area contributed by atoms with E-state index in [1.54, 1.807) is 0 Å². The molecule has 0 saturated carbocycles. The van der Waals surface area contributed by atoms with Gasteiger partial charge in [0.1, 0.15) is 0 Å². The zero-order chi connectivity index (χ0) is 4.12. The van der Waals surface area contributed by atoms with Crippen LogP contribution in [0.5, 0.6) is 0 Å². The standard InChI is InChI=1S/2C2H5.Ga/c2*1-2;/h2*1H2,2H3;. The monoisotopic (exact) mass is 127 g/mol. The molecule has 5 heavy (non-hydrogen) atoms. The van der Waals surface area contributed by atoms with Gasteiger partial charge in [-0.3, -0.25) is 0 Å². The van der Waals surface area contributed by atoms with Gasteiger partial charge in [0.05, 0.1) is 0 Å². The summed E-state index contributed by atoms with van der Waals surface area (Å²) in [5.74, 6) is 0. The zero-order valence-corrected chi connectivity index (χ0v) is 6.41. The van der Waals surface area contributed by atoms with E-state index in [-0.39, 0.29) is 0 Å². The molecule has 0 spiro atoms. The molecule has 0 N–H and O–H groups in total. The molecule has 0 heterocycles. The molecule has 0 aliphatic heterocycles. The van der Waals surface area contributed by atoms with E-state index in [4.69, 9.17) is 0 Å². The van der Waals surface area contributed by atoms with E-state index in [1.165, 1.54) is 9.95 Å². The summed E-state index contributed by atoms with van der Waals surface area (Å²) in [5.41, 5.74) is 0. The predicted molar refractivity (Wildman–Crippen MR) is 26.7 cm³/mol. The van der Waals surface area contributed by atoms with Crippen LogP contribution in [0.25, 0.3) is 0 Å². The van der Waals surface area contributed by atoms with E-state index in [9.17, 15) is 0 Å². The third-order valence-electron chi connectivity index (χ3n) is 0.577. The van der Waals surface area contributed by atoms with Crippen molar-refractivity contribution in [3.8, 4) is 0 Å². The molecule has 0 aromatic carbocycles. The van der Waals surface area contributed by atoms with E-state index in [0.29, 0.717) is 17.4 Å².